The van der Waals surface area contributed by atoms with Crippen molar-refractivity contribution in [3.8, 4) is 5.82 Å². The van der Waals surface area contributed by atoms with E-state index < -0.39 is 33.4 Å². The molecule has 0 saturated heterocycles. The summed E-state index contributed by atoms with van der Waals surface area (Å²) in [5.41, 5.74) is 4.14. The Hall–Kier alpha value is -3.74. The second-order valence-electron chi connectivity index (χ2n) is 7.62. The van der Waals surface area contributed by atoms with E-state index in [0.717, 1.165) is 18.4 Å². The van der Waals surface area contributed by atoms with Crippen LogP contribution in [0.15, 0.2) is 53.7 Å². The number of hydrazine groups is 1. The summed E-state index contributed by atoms with van der Waals surface area (Å²) in [6.07, 6.45) is -1.60. The number of sulfone groups is 1. The third-order valence-electron chi connectivity index (χ3n) is 4.72. The van der Waals surface area contributed by atoms with E-state index >= 15 is 0 Å². The predicted molar refractivity (Wildman–Crippen MR) is 115 cm³/mol. The molecule has 0 aliphatic rings. The van der Waals surface area contributed by atoms with Crippen LogP contribution in [0.5, 0.6) is 0 Å². The predicted octanol–water partition coefficient (Wildman–Crippen LogP) is 2.89. The lowest BCUT2D eigenvalue weighted by atomic mass is 10.1. The van der Waals surface area contributed by atoms with Crippen LogP contribution in [0.3, 0.4) is 0 Å². The van der Waals surface area contributed by atoms with Gasteiger partial charge in [0.05, 0.1) is 27.9 Å². The smallest absolute Gasteiger partial charge is 0.267 e. The van der Waals surface area contributed by atoms with Crippen molar-refractivity contribution >= 4 is 21.7 Å². The number of rotatable bonds is 5. The number of hydrogen-bond donors (Lipinski definition) is 2. The standard InChI is InChI=1S/C21H20F3N5O4S/c1-12(2)18-16(11-26-29(18)17-9-6-14(10-25-17)21(22,23)24)20(31)28-27-19(30)13-4-7-15(8-5-13)34(3,32)33/h4-12H,1-3H3,(H,27,30)(H,28,31). The van der Waals surface area contributed by atoms with Crippen LogP contribution in [0.2, 0.25) is 0 Å². The van der Waals surface area contributed by atoms with Gasteiger partial charge >= 0.3 is 6.18 Å². The van der Waals surface area contributed by atoms with Gasteiger partial charge in [-0.1, -0.05) is 13.8 Å². The molecule has 3 rings (SSSR count). The minimum atomic E-state index is -4.54. The van der Waals surface area contributed by atoms with Crippen LogP contribution >= 0.6 is 0 Å². The first-order valence-corrected chi connectivity index (χ1v) is 11.7. The van der Waals surface area contributed by atoms with Crippen LogP contribution in [0.25, 0.3) is 5.82 Å². The van der Waals surface area contributed by atoms with Crippen LogP contribution < -0.4 is 10.9 Å². The molecular weight excluding hydrogens is 475 g/mol. The van der Waals surface area contributed by atoms with E-state index in [2.05, 4.69) is 20.9 Å². The summed E-state index contributed by atoms with van der Waals surface area (Å²) >= 11 is 0. The molecule has 0 aliphatic carbocycles. The molecule has 9 nitrogen and oxygen atoms in total. The Morgan fingerprint density at radius 1 is 0.971 bits per heavy atom. The Bertz CT molecular complexity index is 1320. The quantitative estimate of drug-likeness (QED) is 0.525. The molecule has 1 aromatic carbocycles. The van der Waals surface area contributed by atoms with Crippen molar-refractivity contribution in [1.29, 1.82) is 0 Å². The van der Waals surface area contributed by atoms with Gasteiger partial charge in [-0.15, -0.1) is 0 Å². The van der Waals surface area contributed by atoms with E-state index in [1.165, 1.54) is 35.1 Å². The van der Waals surface area contributed by atoms with E-state index in [0.29, 0.717) is 11.9 Å². The maximum absolute atomic E-state index is 12.8. The molecule has 2 N–H and O–H groups in total. The van der Waals surface area contributed by atoms with Crippen LogP contribution in [0, 0.1) is 0 Å². The molecule has 0 unspecified atom stereocenters. The van der Waals surface area contributed by atoms with Gasteiger partial charge in [0.2, 0.25) is 0 Å². The lowest BCUT2D eigenvalue weighted by molar-refractivity contribution is -0.137. The van der Waals surface area contributed by atoms with Crippen LogP contribution in [0.4, 0.5) is 13.2 Å². The van der Waals surface area contributed by atoms with Gasteiger partial charge in [0, 0.05) is 18.0 Å². The monoisotopic (exact) mass is 495 g/mol. The molecule has 2 aromatic heterocycles. The minimum absolute atomic E-state index is 0.0407. The zero-order chi connectivity index (χ0) is 25.3. The second-order valence-corrected chi connectivity index (χ2v) is 9.63. The fourth-order valence-electron chi connectivity index (χ4n) is 3.06. The number of alkyl halides is 3. The zero-order valence-corrected chi connectivity index (χ0v) is 19.0. The fraction of sp³-hybridized carbons (Fsp3) is 0.238. The van der Waals surface area contributed by atoms with Gasteiger partial charge in [-0.3, -0.25) is 20.4 Å². The SMILES string of the molecule is CC(C)c1c(C(=O)NNC(=O)c2ccc(S(C)(=O)=O)cc2)cnn1-c1ccc(C(F)(F)F)cn1. The molecule has 0 aliphatic heterocycles. The molecular formula is C21H20F3N5O4S. The van der Waals surface area contributed by atoms with Crippen molar-refractivity contribution in [3.63, 3.8) is 0 Å². The first-order chi connectivity index (χ1) is 15.8. The zero-order valence-electron chi connectivity index (χ0n) is 18.2. The molecule has 2 amide bonds. The number of pyridine rings is 1. The topological polar surface area (TPSA) is 123 Å². The van der Waals surface area contributed by atoms with E-state index in [1.54, 1.807) is 13.8 Å². The van der Waals surface area contributed by atoms with Crippen molar-refractivity contribution in [1.82, 2.24) is 25.6 Å². The third kappa shape index (κ3) is 5.42. The molecule has 180 valence electrons. The Kier molecular flexibility index (Phi) is 6.77. The summed E-state index contributed by atoms with van der Waals surface area (Å²) in [5.74, 6) is -1.57. The van der Waals surface area contributed by atoms with Crippen molar-refractivity contribution in [2.24, 2.45) is 0 Å². The molecule has 34 heavy (non-hydrogen) atoms. The van der Waals surface area contributed by atoms with Gasteiger partial charge in [-0.05, 0) is 42.3 Å². The molecule has 2 heterocycles. The molecule has 0 atom stereocenters. The number of amides is 2. The Labute approximate surface area is 192 Å². The molecule has 13 heteroatoms. The fourth-order valence-corrected chi connectivity index (χ4v) is 3.69. The van der Waals surface area contributed by atoms with Crippen molar-refractivity contribution in [2.75, 3.05) is 6.26 Å². The van der Waals surface area contributed by atoms with Crippen molar-refractivity contribution in [2.45, 2.75) is 30.8 Å². The molecule has 0 bridgehead atoms. The van der Waals surface area contributed by atoms with E-state index in [-0.39, 0.29) is 27.8 Å². The number of nitrogens with one attached hydrogen (secondary N) is 2. The first-order valence-electron chi connectivity index (χ1n) is 9.81. The van der Waals surface area contributed by atoms with Gasteiger partial charge in [-0.2, -0.15) is 18.3 Å². The Morgan fingerprint density at radius 2 is 1.59 bits per heavy atom. The molecule has 3 aromatic rings. The highest BCUT2D eigenvalue weighted by molar-refractivity contribution is 7.90. The van der Waals surface area contributed by atoms with E-state index in [1.807, 2.05) is 0 Å². The average molecular weight is 495 g/mol. The van der Waals surface area contributed by atoms with Gasteiger partial charge in [-0.25, -0.2) is 18.1 Å². The van der Waals surface area contributed by atoms with Crippen LogP contribution in [-0.2, 0) is 16.0 Å². The van der Waals surface area contributed by atoms with Crippen LogP contribution in [-0.4, -0.2) is 41.3 Å². The molecule has 0 saturated carbocycles. The van der Waals surface area contributed by atoms with Crippen molar-refractivity contribution < 1.29 is 31.2 Å². The number of benzene rings is 1. The second kappa shape index (κ2) is 9.25. The van der Waals surface area contributed by atoms with Gasteiger partial charge in [0.15, 0.2) is 15.7 Å². The number of carbonyl (C=O) groups excluding carboxylic acids is 2. The highest BCUT2D eigenvalue weighted by Gasteiger charge is 2.31. The van der Waals surface area contributed by atoms with Gasteiger partial charge < -0.3 is 0 Å². The van der Waals surface area contributed by atoms with E-state index in [4.69, 9.17) is 0 Å². The number of carbonyl (C=O) groups is 2. The molecule has 0 spiro atoms. The third-order valence-corrected chi connectivity index (χ3v) is 5.85. The highest BCUT2D eigenvalue weighted by atomic mass is 32.2. The van der Waals surface area contributed by atoms with Gasteiger partial charge in [0.1, 0.15) is 0 Å². The summed E-state index contributed by atoms with van der Waals surface area (Å²) in [5, 5.41) is 4.08. The summed E-state index contributed by atoms with van der Waals surface area (Å²) in [6, 6.07) is 7.14. The maximum Gasteiger partial charge on any atom is 0.417 e. The van der Waals surface area contributed by atoms with Gasteiger partial charge in [0.25, 0.3) is 11.8 Å². The number of halogens is 3. The molecule has 0 radical (unpaired) electrons. The van der Waals surface area contributed by atoms with Crippen LogP contribution in [0.1, 0.15) is 51.7 Å². The normalized spacial score (nSPS) is 12.0. The lowest BCUT2D eigenvalue weighted by Crippen LogP contribution is -2.41. The average Bonchev–Trinajstić information content (AvgIpc) is 3.22. The van der Waals surface area contributed by atoms with E-state index in [9.17, 15) is 31.2 Å². The summed E-state index contributed by atoms with van der Waals surface area (Å²) in [6.45, 7) is 3.52. The number of nitrogens with zero attached hydrogens (tertiary/aromatic N) is 3. The maximum atomic E-state index is 12.8. The summed E-state index contributed by atoms with van der Waals surface area (Å²) < 4.78 is 62.7. The Morgan fingerprint density at radius 3 is 2.09 bits per heavy atom. The first kappa shape index (κ1) is 24.9. The molecule has 0 fully saturated rings. The number of hydrogen-bond acceptors (Lipinski definition) is 6. The van der Waals surface area contributed by atoms with Crippen molar-refractivity contribution in [3.05, 3.63) is 71.2 Å². The Balaban J connectivity index is 1.78. The largest absolute Gasteiger partial charge is 0.417 e. The summed E-state index contributed by atoms with van der Waals surface area (Å²) in [4.78, 5) is 28.8. The number of aromatic nitrogens is 3. The lowest BCUT2D eigenvalue weighted by Gasteiger charge is -2.13. The summed E-state index contributed by atoms with van der Waals surface area (Å²) in [7, 11) is -3.42. The highest BCUT2D eigenvalue weighted by Crippen LogP contribution is 2.29. The minimum Gasteiger partial charge on any atom is -0.267 e.